The van der Waals surface area contributed by atoms with Gasteiger partial charge in [-0.15, -0.1) is 0 Å². The predicted octanol–water partition coefficient (Wildman–Crippen LogP) is 2.52. The van der Waals surface area contributed by atoms with E-state index in [0.717, 1.165) is 11.3 Å². The lowest BCUT2D eigenvalue weighted by molar-refractivity contribution is 0.0556. The first-order valence-corrected chi connectivity index (χ1v) is 5.41. The molecule has 0 radical (unpaired) electrons. The Hall–Kier alpha value is -0.0400. The lowest BCUT2D eigenvalue weighted by atomic mass is 9.71. The molecular weight excluding hydrogens is 146 g/mol. The minimum Gasteiger partial charge on any atom is -0.306 e. The smallest absolute Gasteiger partial charge is 0.00375 e. The first-order chi connectivity index (χ1) is 5.73. The van der Waals surface area contributed by atoms with Gasteiger partial charge >= 0.3 is 0 Å². The van der Waals surface area contributed by atoms with Crippen LogP contribution in [0, 0.1) is 11.3 Å². The Balaban J connectivity index is 2.09. The second-order valence-electron chi connectivity index (χ2n) is 5.00. The van der Waals surface area contributed by atoms with Crippen LogP contribution in [0.3, 0.4) is 0 Å². The highest BCUT2D eigenvalue weighted by Crippen LogP contribution is 2.47. The highest BCUT2D eigenvalue weighted by Gasteiger charge is 2.41. The van der Waals surface area contributed by atoms with Crippen LogP contribution in [0.5, 0.6) is 0 Å². The van der Waals surface area contributed by atoms with E-state index in [1.807, 2.05) is 0 Å². The standard InChI is InChI=1S/C11H21N/c1-10-5-8-12(2)9-11(10)6-3-4-7-11/h10H,3-9H2,1-2H3. The molecule has 0 bridgehead atoms. The first-order valence-electron chi connectivity index (χ1n) is 5.41. The number of piperidine rings is 1. The van der Waals surface area contributed by atoms with Gasteiger partial charge in [0.1, 0.15) is 0 Å². The third-order valence-corrected chi connectivity index (χ3v) is 4.17. The summed E-state index contributed by atoms with van der Waals surface area (Å²) in [5, 5.41) is 0. The molecule has 1 saturated heterocycles. The van der Waals surface area contributed by atoms with Crippen LogP contribution < -0.4 is 0 Å². The maximum atomic E-state index is 2.53. The number of likely N-dealkylation sites (tertiary alicyclic amines) is 1. The van der Waals surface area contributed by atoms with Crippen molar-refractivity contribution < 1.29 is 0 Å². The van der Waals surface area contributed by atoms with Gasteiger partial charge in [-0.1, -0.05) is 19.8 Å². The van der Waals surface area contributed by atoms with Crippen molar-refractivity contribution in [3.8, 4) is 0 Å². The van der Waals surface area contributed by atoms with Gasteiger partial charge in [0.15, 0.2) is 0 Å². The Bertz CT molecular complexity index is 158. The van der Waals surface area contributed by atoms with E-state index in [1.54, 1.807) is 0 Å². The van der Waals surface area contributed by atoms with Gasteiger partial charge in [-0.05, 0) is 44.2 Å². The number of hydrogen-bond donors (Lipinski definition) is 0. The van der Waals surface area contributed by atoms with Crippen LogP contribution in [0.2, 0.25) is 0 Å². The van der Waals surface area contributed by atoms with Crippen LogP contribution in [-0.2, 0) is 0 Å². The highest BCUT2D eigenvalue weighted by atomic mass is 15.1. The van der Waals surface area contributed by atoms with Crippen molar-refractivity contribution in [2.24, 2.45) is 11.3 Å². The zero-order valence-corrected chi connectivity index (χ0v) is 8.47. The molecule has 0 amide bonds. The van der Waals surface area contributed by atoms with Gasteiger partial charge in [0, 0.05) is 6.54 Å². The van der Waals surface area contributed by atoms with E-state index in [4.69, 9.17) is 0 Å². The topological polar surface area (TPSA) is 3.24 Å². The average molecular weight is 167 g/mol. The molecule has 1 spiro atoms. The Morgan fingerprint density at radius 3 is 2.58 bits per heavy atom. The summed E-state index contributed by atoms with van der Waals surface area (Å²) < 4.78 is 0. The summed E-state index contributed by atoms with van der Waals surface area (Å²) >= 11 is 0. The summed E-state index contributed by atoms with van der Waals surface area (Å²) in [4.78, 5) is 2.53. The average Bonchev–Trinajstić information content (AvgIpc) is 2.48. The summed E-state index contributed by atoms with van der Waals surface area (Å²) in [6, 6.07) is 0. The van der Waals surface area contributed by atoms with Crippen molar-refractivity contribution in [1.82, 2.24) is 4.90 Å². The maximum Gasteiger partial charge on any atom is 0.00375 e. The Labute approximate surface area is 76.1 Å². The summed E-state index contributed by atoms with van der Waals surface area (Å²) in [6.45, 7) is 5.16. The molecular formula is C11H21N. The first kappa shape index (κ1) is 8.55. The molecule has 1 saturated carbocycles. The van der Waals surface area contributed by atoms with Crippen LogP contribution >= 0.6 is 0 Å². The summed E-state index contributed by atoms with van der Waals surface area (Å²) in [5.74, 6) is 0.983. The van der Waals surface area contributed by atoms with E-state index in [2.05, 4.69) is 18.9 Å². The monoisotopic (exact) mass is 167 g/mol. The molecule has 1 unspecified atom stereocenters. The van der Waals surface area contributed by atoms with E-state index in [9.17, 15) is 0 Å². The van der Waals surface area contributed by atoms with Gasteiger partial charge < -0.3 is 4.90 Å². The molecule has 1 atom stereocenters. The van der Waals surface area contributed by atoms with Crippen LogP contribution in [0.15, 0.2) is 0 Å². The largest absolute Gasteiger partial charge is 0.306 e. The number of nitrogens with zero attached hydrogens (tertiary/aromatic N) is 1. The van der Waals surface area contributed by atoms with E-state index in [-0.39, 0.29) is 0 Å². The summed E-state index contributed by atoms with van der Waals surface area (Å²) in [5.41, 5.74) is 0.729. The van der Waals surface area contributed by atoms with E-state index in [0.29, 0.717) is 0 Å². The third kappa shape index (κ3) is 1.28. The fraction of sp³-hybridized carbons (Fsp3) is 1.00. The molecule has 1 aliphatic carbocycles. The maximum absolute atomic E-state index is 2.53. The lowest BCUT2D eigenvalue weighted by Crippen LogP contribution is -2.44. The van der Waals surface area contributed by atoms with Crippen LogP contribution in [0.25, 0.3) is 0 Å². The van der Waals surface area contributed by atoms with E-state index < -0.39 is 0 Å². The molecule has 70 valence electrons. The van der Waals surface area contributed by atoms with Crippen molar-refractivity contribution in [3.05, 3.63) is 0 Å². The molecule has 12 heavy (non-hydrogen) atoms. The number of hydrogen-bond acceptors (Lipinski definition) is 1. The van der Waals surface area contributed by atoms with Gasteiger partial charge in [0.2, 0.25) is 0 Å². The quantitative estimate of drug-likeness (QED) is 0.536. The molecule has 2 rings (SSSR count). The van der Waals surface area contributed by atoms with E-state index >= 15 is 0 Å². The highest BCUT2D eigenvalue weighted by molar-refractivity contribution is 4.93. The zero-order valence-electron chi connectivity index (χ0n) is 8.47. The van der Waals surface area contributed by atoms with E-state index in [1.165, 1.54) is 45.2 Å². The Morgan fingerprint density at radius 1 is 1.25 bits per heavy atom. The minimum atomic E-state index is 0.729. The molecule has 2 fully saturated rings. The van der Waals surface area contributed by atoms with Gasteiger partial charge in [-0.2, -0.15) is 0 Å². The minimum absolute atomic E-state index is 0.729. The summed E-state index contributed by atoms with van der Waals surface area (Å²) in [7, 11) is 2.28. The fourth-order valence-electron chi connectivity index (χ4n) is 3.22. The molecule has 1 nitrogen and oxygen atoms in total. The Kier molecular flexibility index (Phi) is 2.16. The van der Waals surface area contributed by atoms with Crippen molar-refractivity contribution in [2.75, 3.05) is 20.1 Å². The predicted molar refractivity (Wildman–Crippen MR) is 52.2 cm³/mol. The second-order valence-corrected chi connectivity index (χ2v) is 5.00. The molecule has 1 heterocycles. The van der Waals surface area contributed by atoms with Crippen molar-refractivity contribution >= 4 is 0 Å². The van der Waals surface area contributed by atoms with Crippen LogP contribution in [-0.4, -0.2) is 25.0 Å². The molecule has 2 aliphatic rings. The molecule has 0 aromatic heterocycles. The van der Waals surface area contributed by atoms with Crippen molar-refractivity contribution in [3.63, 3.8) is 0 Å². The van der Waals surface area contributed by atoms with Gasteiger partial charge in [-0.3, -0.25) is 0 Å². The molecule has 0 aromatic carbocycles. The Morgan fingerprint density at radius 2 is 1.92 bits per heavy atom. The van der Waals surface area contributed by atoms with Gasteiger partial charge in [-0.25, -0.2) is 0 Å². The SMILES string of the molecule is CC1CCN(C)CC12CCCC2. The molecule has 1 heteroatoms. The second kappa shape index (κ2) is 3.02. The molecule has 1 aliphatic heterocycles. The van der Waals surface area contributed by atoms with Gasteiger partial charge in [0.05, 0.1) is 0 Å². The zero-order chi connectivity index (χ0) is 8.60. The fourth-order valence-corrected chi connectivity index (χ4v) is 3.22. The lowest BCUT2D eigenvalue weighted by Gasteiger charge is -2.44. The van der Waals surface area contributed by atoms with Crippen molar-refractivity contribution in [1.29, 1.82) is 0 Å². The third-order valence-electron chi connectivity index (χ3n) is 4.17. The summed E-state index contributed by atoms with van der Waals surface area (Å²) in [6.07, 6.45) is 7.39. The van der Waals surface area contributed by atoms with Crippen LogP contribution in [0.1, 0.15) is 39.0 Å². The number of rotatable bonds is 0. The normalized spacial score (nSPS) is 36.0. The molecule has 0 aromatic rings. The van der Waals surface area contributed by atoms with Crippen LogP contribution in [0.4, 0.5) is 0 Å². The van der Waals surface area contributed by atoms with Crippen molar-refractivity contribution in [2.45, 2.75) is 39.0 Å². The van der Waals surface area contributed by atoms with Gasteiger partial charge in [0.25, 0.3) is 0 Å². The molecule has 0 N–H and O–H groups in total.